The Morgan fingerprint density at radius 3 is 2.81 bits per heavy atom. The third kappa shape index (κ3) is 4.94. The van der Waals surface area contributed by atoms with Gasteiger partial charge in [0.15, 0.2) is 0 Å². The molecule has 1 saturated heterocycles. The van der Waals surface area contributed by atoms with E-state index in [-0.39, 0.29) is 23.6 Å². The molecule has 0 N–H and O–H groups in total. The maximum Gasteiger partial charge on any atom is 0.251 e. The van der Waals surface area contributed by atoms with Crippen molar-refractivity contribution in [1.29, 1.82) is 5.26 Å². The van der Waals surface area contributed by atoms with Crippen LogP contribution in [0.5, 0.6) is 11.6 Å². The third-order valence-electron chi connectivity index (χ3n) is 4.57. The van der Waals surface area contributed by atoms with Crippen LogP contribution in [-0.2, 0) is 11.2 Å². The average molecular weight is 366 g/mol. The first kappa shape index (κ1) is 18.6. The number of aryl methyl sites for hydroxylation is 1. The van der Waals surface area contributed by atoms with Crippen LogP contribution in [0, 0.1) is 11.3 Å². The summed E-state index contributed by atoms with van der Waals surface area (Å²) < 4.78 is 11.0. The van der Waals surface area contributed by atoms with Crippen LogP contribution in [0.3, 0.4) is 0 Å². The van der Waals surface area contributed by atoms with E-state index in [1.165, 1.54) is 12.4 Å². The van der Waals surface area contributed by atoms with Gasteiger partial charge in [0, 0.05) is 25.4 Å². The molecule has 140 valence electrons. The number of hydrogen-bond donors (Lipinski definition) is 0. The van der Waals surface area contributed by atoms with Gasteiger partial charge >= 0.3 is 0 Å². The molecule has 7 nitrogen and oxygen atoms in total. The average Bonchev–Trinajstić information content (AvgIpc) is 2.73. The van der Waals surface area contributed by atoms with Crippen molar-refractivity contribution in [2.45, 2.75) is 31.8 Å². The molecule has 1 aliphatic heterocycles. The monoisotopic (exact) mass is 366 g/mol. The van der Waals surface area contributed by atoms with E-state index >= 15 is 0 Å². The van der Waals surface area contributed by atoms with Crippen LogP contribution in [0.1, 0.15) is 30.5 Å². The summed E-state index contributed by atoms with van der Waals surface area (Å²) in [6.07, 6.45) is 5.61. The molecule has 1 fully saturated rings. The Labute approximate surface area is 158 Å². The molecule has 2 aromatic rings. The molecule has 1 aromatic carbocycles. The third-order valence-corrected chi connectivity index (χ3v) is 4.57. The van der Waals surface area contributed by atoms with E-state index in [0.717, 1.165) is 30.7 Å². The van der Waals surface area contributed by atoms with Gasteiger partial charge in [0.05, 0.1) is 13.7 Å². The van der Waals surface area contributed by atoms with Crippen molar-refractivity contribution in [3.05, 3.63) is 47.9 Å². The number of hydrogen-bond acceptors (Lipinski definition) is 6. The largest absolute Gasteiger partial charge is 0.497 e. The van der Waals surface area contributed by atoms with Crippen molar-refractivity contribution in [3.63, 3.8) is 0 Å². The van der Waals surface area contributed by atoms with Crippen LogP contribution in [-0.4, -0.2) is 47.1 Å². The summed E-state index contributed by atoms with van der Waals surface area (Å²) in [4.78, 5) is 22.5. The highest BCUT2D eigenvalue weighted by molar-refractivity contribution is 5.76. The van der Waals surface area contributed by atoms with E-state index < -0.39 is 0 Å². The zero-order chi connectivity index (χ0) is 19.1. The molecular weight excluding hydrogens is 344 g/mol. The van der Waals surface area contributed by atoms with Gasteiger partial charge in [0.2, 0.25) is 11.6 Å². The van der Waals surface area contributed by atoms with E-state index in [1.54, 1.807) is 7.11 Å². The highest BCUT2D eigenvalue weighted by atomic mass is 16.5. The minimum atomic E-state index is -0.174. The van der Waals surface area contributed by atoms with Crippen molar-refractivity contribution in [3.8, 4) is 17.7 Å². The molecule has 27 heavy (non-hydrogen) atoms. The van der Waals surface area contributed by atoms with Crippen LogP contribution in [0.2, 0.25) is 0 Å². The quantitative estimate of drug-likeness (QED) is 0.780. The molecule has 0 bridgehead atoms. The fraction of sp³-hybridized carbons (Fsp3) is 0.400. The first-order valence-electron chi connectivity index (χ1n) is 8.98. The Morgan fingerprint density at radius 1 is 1.30 bits per heavy atom. The highest BCUT2D eigenvalue weighted by Gasteiger charge is 2.25. The van der Waals surface area contributed by atoms with Gasteiger partial charge in [-0.3, -0.25) is 4.79 Å². The van der Waals surface area contributed by atoms with E-state index in [9.17, 15) is 4.79 Å². The number of nitriles is 1. The van der Waals surface area contributed by atoms with Crippen LogP contribution in [0.25, 0.3) is 0 Å². The lowest BCUT2D eigenvalue weighted by molar-refractivity contribution is -0.133. The maximum absolute atomic E-state index is 12.6. The number of rotatable bonds is 6. The van der Waals surface area contributed by atoms with Crippen LogP contribution >= 0.6 is 0 Å². The zero-order valence-corrected chi connectivity index (χ0v) is 15.3. The summed E-state index contributed by atoms with van der Waals surface area (Å²) in [6, 6.07) is 9.74. The molecule has 1 aromatic heterocycles. The minimum absolute atomic E-state index is 0.110. The van der Waals surface area contributed by atoms with Crippen LogP contribution in [0.4, 0.5) is 0 Å². The topological polar surface area (TPSA) is 88.3 Å². The van der Waals surface area contributed by atoms with Gasteiger partial charge in [-0.25, -0.2) is 9.97 Å². The molecule has 0 aliphatic carbocycles. The lowest BCUT2D eigenvalue weighted by Gasteiger charge is -2.32. The fourth-order valence-electron chi connectivity index (χ4n) is 3.11. The van der Waals surface area contributed by atoms with Crippen molar-refractivity contribution in [2.75, 3.05) is 20.2 Å². The van der Waals surface area contributed by atoms with Gasteiger partial charge in [0.1, 0.15) is 17.9 Å². The number of amides is 1. The molecule has 0 spiro atoms. The lowest BCUT2D eigenvalue weighted by atomic mass is 10.1. The summed E-state index contributed by atoms with van der Waals surface area (Å²) in [6.45, 7) is 1.23. The molecule has 3 rings (SSSR count). The van der Waals surface area contributed by atoms with Crippen molar-refractivity contribution >= 4 is 5.91 Å². The Kier molecular flexibility index (Phi) is 6.21. The summed E-state index contributed by atoms with van der Waals surface area (Å²) in [5.41, 5.74) is 1.27. The number of piperidine rings is 1. The summed E-state index contributed by atoms with van der Waals surface area (Å²) in [7, 11) is 1.63. The fourth-order valence-corrected chi connectivity index (χ4v) is 3.11. The Bertz CT molecular complexity index is 817. The van der Waals surface area contributed by atoms with Crippen molar-refractivity contribution in [1.82, 2.24) is 14.9 Å². The number of carbonyl (C=O) groups excluding carboxylic acids is 1. The predicted octanol–water partition coefficient (Wildman–Crippen LogP) is 2.36. The maximum atomic E-state index is 12.6. The zero-order valence-electron chi connectivity index (χ0n) is 15.3. The second-order valence-corrected chi connectivity index (χ2v) is 6.39. The summed E-state index contributed by atoms with van der Waals surface area (Å²) in [5, 5.41) is 9.09. The van der Waals surface area contributed by atoms with E-state index in [0.29, 0.717) is 19.4 Å². The number of aromatic nitrogens is 2. The first-order valence-corrected chi connectivity index (χ1v) is 8.98. The highest BCUT2D eigenvalue weighted by Crippen LogP contribution is 2.20. The van der Waals surface area contributed by atoms with Gasteiger partial charge in [-0.15, -0.1) is 0 Å². The summed E-state index contributed by atoms with van der Waals surface area (Å²) in [5.74, 6) is 1.15. The smallest absolute Gasteiger partial charge is 0.251 e. The van der Waals surface area contributed by atoms with E-state index in [1.807, 2.05) is 35.2 Å². The van der Waals surface area contributed by atoms with Gasteiger partial charge in [-0.1, -0.05) is 12.1 Å². The predicted molar refractivity (Wildman–Crippen MR) is 98.3 cm³/mol. The van der Waals surface area contributed by atoms with Crippen molar-refractivity contribution in [2.24, 2.45) is 0 Å². The number of benzene rings is 1. The molecule has 2 heterocycles. The first-order chi connectivity index (χ1) is 13.2. The van der Waals surface area contributed by atoms with Crippen LogP contribution < -0.4 is 9.47 Å². The number of methoxy groups -OCH3 is 1. The van der Waals surface area contributed by atoms with Gasteiger partial charge in [-0.2, -0.15) is 5.26 Å². The minimum Gasteiger partial charge on any atom is -0.497 e. The molecule has 0 saturated carbocycles. The lowest BCUT2D eigenvalue weighted by Crippen LogP contribution is -2.44. The van der Waals surface area contributed by atoms with E-state index in [2.05, 4.69) is 9.97 Å². The number of carbonyl (C=O) groups is 1. The molecule has 1 aliphatic rings. The standard InChI is InChI=1S/C20H22N4O3/c1-26-16-7-4-15(5-8-16)6-9-19(25)24-12-2-3-17(14-24)27-20-18(13-21)22-10-11-23-20/h4-5,7-8,10-11,17H,2-3,6,9,12,14H2,1H3. The number of nitrogens with zero attached hydrogens (tertiary/aromatic N) is 4. The van der Waals surface area contributed by atoms with Gasteiger partial charge < -0.3 is 14.4 Å². The Morgan fingerprint density at radius 2 is 2.07 bits per heavy atom. The normalized spacial score (nSPS) is 16.4. The molecular formula is C20H22N4O3. The SMILES string of the molecule is COc1ccc(CCC(=O)N2CCCC(Oc3nccnc3C#N)C2)cc1. The van der Waals surface area contributed by atoms with Crippen molar-refractivity contribution < 1.29 is 14.3 Å². The second kappa shape index (κ2) is 8.99. The second-order valence-electron chi connectivity index (χ2n) is 6.39. The molecule has 1 atom stereocenters. The molecule has 0 radical (unpaired) electrons. The van der Waals surface area contributed by atoms with E-state index in [4.69, 9.17) is 14.7 Å². The number of ether oxygens (including phenoxy) is 2. The Balaban J connectivity index is 1.53. The molecule has 1 unspecified atom stereocenters. The van der Waals surface area contributed by atoms with Crippen LogP contribution in [0.15, 0.2) is 36.7 Å². The molecule has 7 heteroatoms. The Hall–Kier alpha value is -3.14. The van der Waals surface area contributed by atoms with Gasteiger partial charge in [-0.05, 0) is 37.0 Å². The summed E-state index contributed by atoms with van der Waals surface area (Å²) >= 11 is 0. The number of likely N-dealkylation sites (tertiary alicyclic amines) is 1. The molecule has 1 amide bonds. The van der Waals surface area contributed by atoms with Gasteiger partial charge in [0.25, 0.3) is 5.88 Å².